The molecule has 1 fully saturated rings. The van der Waals surface area contributed by atoms with Crippen molar-refractivity contribution in [2.75, 3.05) is 46.2 Å². The number of fused-ring (bicyclic) bond motifs is 1. The van der Waals surface area contributed by atoms with E-state index in [1.165, 1.54) is 0 Å². The second-order valence-electron chi connectivity index (χ2n) is 8.51. The Balaban J connectivity index is 1.88. The average Bonchev–Trinajstić information content (AvgIpc) is 3.54. The number of carbonyl (C=O) groups excluding carboxylic acids is 2. The topological polar surface area (TPSA) is 71.1 Å². The van der Waals surface area contributed by atoms with Crippen LogP contribution in [0.1, 0.15) is 37.0 Å². The van der Waals surface area contributed by atoms with Gasteiger partial charge in [0.2, 0.25) is 5.91 Å². The molecule has 2 amide bonds. The van der Waals surface area contributed by atoms with Crippen LogP contribution in [0.4, 0.5) is 5.69 Å². The molecule has 29 heavy (non-hydrogen) atoms. The second-order valence-corrected chi connectivity index (χ2v) is 8.51. The van der Waals surface area contributed by atoms with Gasteiger partial charge >= 0.3 is 0 Å². The van der Waals surface area contributed by atoms with Crippen LogP contribution < -0.4 is 10.1 Å². The molecule has 7 nitrogen and oxygen atoms in total. The van der Waals surface area contributed by atoms with E-state index in [0.717, 1.165) is 19.4 Å². The van der Waals surface area contributed by atoms with Crippen LogP contribution in [-0.4, -0.2) is 74.7 Å². The van der Waals surface area contributed by atoms with Crippen molar-refractivity contribution in [2.24, 2.45) is 11.8 Å². The molecule has 1 aliphatic heterocycles. The van der Waals surface area contributed by atoms with Crippen molar-refractivity contribution in [3.05, 3.63) is 23.8 Å². The largest absolute Gasteiger partial charge is 0.491 e. The summed E-state index contributed by atoms with van der Waals surface area (Å²) >= 11 is 0. The summed E-state index contributed by atoms with van der Waals surface area (Å²) in [6.45, 7) is 6.04. The predicted molar refractivity (Wildman–Crippen MR) is 112 cm³/mol. The van der Waals surface area contributed by atoms with Crippen LogP contribution in [0.2, 0.25) is 0 Å². The molecule has 0 saturated heterocycles. The van der Waals surface area contributed by atoms with Crippen molar-refractivity contribution < 1.29 is 19.1 Å². The van der Waals surface area contributed by atoms with E-state index < -0.39 is 0 Å². The lowest BCUT2D eigenvalue weighted by molar-refractivity contribution is -0.117. The summed E-state index contributed by atoms with van der Waals surface area (Å²) in [5, 5.41) is 2.93. The van der Waals surface area contributed by atoms with Crippen molar-refractivity contribution in [2.45, 2.75) is 38.8 Å². The van der Waals surface area contributed by atoms with E-state index in [9.17, 15) is 9.59 Å². The van der Waals surface area contributed by atoms with Gasteiger partial charge in [-0.25, -0.2) is 0 Å². The van der Waals surface area contributed by atoms with Gasteiger partial charge in [-0.05, 0) is 44.9 Å². The minimum absolute atomic E-state index is 0.0339. The molecule has 0 spiro atoms. The molecule has 7 heteroatoms. The fourth-order valence-corrected chi connectivity index (χ4v) is 3.62. The zero-order valence-electron chi connectivity index (χ0n) is 18.1. The van der Waals surface area contributed by atoms with Crippen LogP contribution in [-0.2, 0) is 9.53 Å². The quantitative estimate of drug-likeness (QED) is 0.840. The van der Waals surface area contributed by atoms with E-state index in [-0.39, 0.29) is 35.8 Å². The third kappa shape index (κ3) is 5.28. The summed E-state index contributed by atoms with van der Waals surface area (Å²) in [6, 6.07) is 5.43. The highest BCUT2D eigenvalue weighted by atomic mass is 16.5. The zero-order valence-corrected chi connectivity index (χ0v) is 18.1. The smallest absolute Gasteiger partial charge is 0.257 e. The van der Waals surface area contributed by atoms with Gasteiger partial charge in [-0.2, -0.15) is 0 Å². The Kier molecular flexibility index (Phi) is 6.80. The first-order valence-corrected chi connectivity index (χ1v) is 10.4. The number of hydrogen-bond donors (Lipinski definition) is 1. The van der Waals surface area contributed by atoms with Crippen molar-refractivity contribution in [3.8, 4) is 5.75 Å². The SMILES string of the molecule is CO[C@@H]1CN(C)C(=O)c2ccc(NC(=O)C3CC3)cc2OC[C@H](C)N(C)C[C@H]1C. The lowest BCUT2D eigenvalue weighted by atomic mass is 10.0. The van der Waals surface area contributed by atoms with Crippen LogP contribution in [0.25, 0.3) is 0 Å². The summed E-state index contributed by atoms with van der Waals surface area (Å²) in [6.07, 6.45) is 1.83. The summed E-state index contributed by atoms with van der Waals surface area (Å²) in [5.41, 5.74) is 1.16. The molecule has 1 aromatic carbocycles. The van der Waals surface area contributed by atoms with E-state index in [1.807, 2.05) is 0 Å². The fourth-order valence-electron chi connectivity index (χ4n) is 3.62. The number of ether oxygens (including phenoxy) is 2. The lowest BCUT2D eigenvalue weighted by Gasteiger charge is -2.34. The highest BCUT2D eigenvalue weighted by Crippen LogP contribution is 2.31. The average molecular weight is 404 g/mol. The molecule has 1 heterocycles. The zero-order chi connectivity index (χ0) is 21.1. The number of nitrogens with zero attached hydrogens (tertiary/aromatic N) is 2. The molecular weight excluding hydrogens is 370 g/mol. The predicted octanol–water partition coefficient (Wildman–Crippen LogP) is 2.47. The van der Waals surface area contributed by atoms with E-state index >= 15 is 0 Å². The van der Waals surface area contributed by atoms with Crippen molar-refractivity contribution in [1.29, 1.82) is 0 Å². The first kappa shape index (κ1) is 21.6. The molecule has 3 rings (SSSR count). The standard InChI is InChI=1S/C22H33N3O4/c1-14-11-24(3)15(2)13-29-19-10-17(23-21(26)16-6-7-16)8-9-18(19)22(27)25(4)12-20(14)28-5/h8-10,14-16,20H,6-7,11-13H2,1-5H3,(H,23,26)/t14-,15+,20-/m1/s1. The second kappa shape index (κ2) is 9.13. The molecule has 0 unspecified atom stereocenters. The van der Waals surface area contributed by atoms with Gasteiger partial charge in [-0.3, -0.25) is 14.5 Å². The van der Waals surface area contributed by atoms with Gasteiger partial charge in [-0.15, -0.1) is 0 Å². The van der Waals surface area contributed by atoms with Crippen LogP contribution in [0, 0.1) is 11.8 Å². The molecule has 1 aromatic rings. The normalized spacial score (nSPS) is 26.7. The fraction of sp³-hybridized carbons (Fsp3) is 0.636. The first-order valence-electron chi connectivity index (χ1n) is 10.4. The Morgan fingerprint density at radius 1 is 1.21 bits per heavy atom. The lowest BCUT2D eigenvalue weighted by Crippen LogP contribution is -2.45. The number of carbonyl (C=O) groups is 2. The van der Waals surface area contributed by atoms with E-state index in [1.54, 1.807) is 37.3 Å². The minimum Gasteiger partial charge on any atom is -0.491 e. The van der Waals surface area contributed by atoms with Crippen LogP contribution in [0.5, 0.6) is 5.75 Å². The van der Waals surface area contributed by atoms with E-state index in [4.69, 9.17) is 9.47 Å². The number of rotatable bonds is 3. The molecule has 2 aliphatic rings. The van der Waals surface area contributed by atoms with Gasteiger partial charge in [-0.1, -0.05) is 6.92 Å². The van der Waals surface area contributed by atoms with Crippen LogP contribution in [0.3, 0.4) is 0 Å². The Morgan fingerprint density at radius 3 is 2.59 bits per heavy atom. The molecule has 1 N–H and O–H groups in total. The van der Waals surface area contributed by atoms with Crippen molar-refractivity contribution >= 4 is 17.5 Å². The number of nitrogens with one attached hydrogen (secondary N) is 1. The summed E-state index contributed by atoms with van der Waals surface area (Å²) in [5.74, 6) is 0.800. The number of likely N-dealkylation sites (N-methyl/N-ethyl adjacent to an activating group) is 2. The molecule has 0 aromatic heterocycles. The number of methoxy groups -OCH3 is 1. The number of amides is 2. The Hall–Kier alpha value is -2.12. The summed E-state index contributed by atoms with van der Waals surface area (Å²) < 4.78 is 11.8. The molecule has 160 valence electrons. The van der Waals surface area contributed by atoms with E-state index in [2.05, 4.69) is 31.1 Å². The third-order valence-electron chi connectivity index (χ3n) is 5.97. The van der Waals surface area contributed by atoms with Gasteiger partial charge in [0.1, 0.15) is 12.4 Å². The maximum atomic E-state index is 13.1. The molecular formula is C22H33N3O4. The summed E-state index contributed by atoms with van der Waals surface area (Å²) in [7, 11) is 5.55. The maximum Gasteiger partial charge on any atom is 0.257 e. The third-order valence-corrected chi connectivity index (χ3v) is 5.97. The minimum atomic E-state index is -0.115. The Labute approximate surface area is 173 Å². The van der Waals surface area contributed by atoms with Crippen LogP contribution in [0.15, 0.2) is 18.2 Å². The van der Waals surface area contributed by atoms with Crippen molar-refractivity contribution in [1.82, 2.24) is 9.80 Å². The van der Waals surface area contributed by atoms with Gasteiger partial charge in [0.25, 0.3) is 5.91 Å². The monoisotopic (exact) mass is 403 g/mol. The molecule has 1 aliphatic carbocycles. The number of hydrogen-bond acceptors (Lipinski definition) is 5. The van der Waals surface area contributed by atoms with Crippen molar-refractivity contribution in [3.63, 3.8) is 0 Å². The van der Waals surface area contributed by atoms with Gasteiger partial charge in [0, 0.05) is 51.0 Å². The molecule has 0 bridgehead atoms. The highest BCUT2D eigenvalue weighted by Gasteiger charge is 2.30. The van der Waals surface area contributed by atoms with Gasteiger partial charge in [0.05, 0.1) is 11.7 Å². The first-order chi connectivity index (χ1) is 13.8. The molecule has 3 atom stereocenters. The Morgan fingerprint density at radius 2 is 1.93 bits per heavy atom. The van der Waals surface area contributed by atoms with Gasteiger partial charge in [0.15, 0.2) is 0 Å². The van der Waals surface area contributed by atoms with Gasteiger partial charge < -0.3 is 19.7 Å². The molecule has 0 radical (unpaired) electrons. The molecule has 1 saturated carbocycles. The maximum absolute atomic E-state index is 13.1. The number of anilines is 1. The number of benzene rings is 1. The van der Waals surface area contributed by atoms with Crippen LogP contribution >= 0.6 is 0 Å². The van der Waals surface area contributed by atoms with E-state index in [0.29, 0.717) is 30.2 Å². The Bertz CT molecular complexity index is 750. The summed E-state index contributed by atoms with van der Waals surface area (Å²) in [4.78, 5) is 29.2. The highest BCUT2D eigenvalue weighted by molar-refractivity contribution is 5.99.